The van der Waals surface area contributed by atoms with Crippen LogP contribution in [0.3, 0.4) is 0 Å². The Balaban J connectivity index is 2.45. The molecule has 0 aliphatic heterocycles. The van der Waals surface area contributed by atoms with Gasteiger partial charge in [-0.3, -0.25) is 4.79 Å². The van der Waals surface area contributed by atoms with Gasteiger partial charge in [0.15, 0.2) is 16.8 Å². The maximum atomic E-state index is 11.3. The zero-order valence-corrected chi connectivity index (χ0v) is 7.80. The van der Waals surface area contributed by atoms with E-state index in [-0.39, 0.29) is 11.0 Å². The molecule has 0 atom stereocenters. The SMILES string of the molecule is C#CCCCC(=O)c1ccc(Cl)o1. The lowest BCUT2D eigenvalue weighted by Crippen LogP contribution is -1.95. The molecule has 0 bridgehead atoms. The minimum absolute atomic E-state index is 0.0536. The normalized spacial score (nSPS) is 9.54. The van der Waals surface area contributed by atoms with Crippen LogP contribution in [-0.2, 0) is 0 Å². The van der Waals surface area contributed by atoms with Crippen molar-refractivity contribution in [1.29, 1.82) is 0 Å². The van der Waals surface area contributed by atoms with Gasteiger partial charge in [0.25, 0.3) is 0 Å². The highest BCUT2D eigenvalue weighted by atomic mass is 35.5. The fourth-order valence-corrected chi connectivity index (χ4v) is 1.08. The molecule has 0 aliphatic carbocycles. The molecule has 1 aromatic heterocycles. The van der Waals surface area contributed by atoms with Crippen molar-refractivity contribution < 1.29 is 9.21 Å². The molecule has 1 heterocycles. The van der Waals surface area contributed by atoms with E-state index in [0.717, 1.165) is 0 Å². The van der Waals surface area contributed by atoms with Gasteiger partial charge in [0.2, 0.25) is 0 Å². The van der Waals surface area contributed by atoms with Crippen molar-refractivity contribution in [2.45, 2.75) is 19.3 Å². The minimum atomic E-state index is -0.0536. The number of carbonyl (C=O) groups excluding carboxylic acids is 1. The molecule has 0 aliphatic rings. The lowest BCUT2D eigenvalue weighted by molar-refractivity contribution is 0.0954. The van der Waals surface area contributed by atoms with Crippen LogP contribution in [0.4, 0.5) is 0 Å². The van der Waals surface area contributed by atoms with Crippen LogP contribution in [0.25, 0.3) is 0 Å². The van der Waals surface area contributed by atoms with Crippen molar-refractivity contribution in [3.05, 3.63) is 23.1 Å². The van der Waals surface area contributed by atoms with E-state index in [1.165, 1.54) is 0 Å². The Hall–Kier alpha value is -1.20. The molecule has 2 nitrogen and oxygen atoms in total. The first-order valence-electron chi connectivity index (χ1n) is 3.96. The fourth-order valence-electron chi connectivity index (χ4n) is 0.938. The van der Waals surface area contributed by atoms with Crippen molar-refractivity contribution in [3.63, 3.8) is 0 Å². The lowest BCUT2D eigenvalue weighted by atomic mass is 10.1. The first-order chi connectivity index (χ1) is 6.24. The molecule has 1 rings (SSSR count). The van der Waals surface area contributed by atoms with Crippen molar-refractivity contribution in [1.82, 2.24) is 0 Å². The van der Waals surface area contributed by atoms with Gasteiger partial charge in [-0.2, -0.15) is 0 Å². The highest BCUT2D eigenvalue weighted by molar-refractivity contribution is 6.29. The fraction of sp³-hybridized carbons (Fsp3) is 0.300. The van der Waals surface area contributed by atoms with Crippen LogP contribution in [0.5, 0.6) is 0 Å². The Bertz CT molecular complexity index is 333. The molecule has 1 aromatic rings. The number of rotatable bonds is 4. The molecule has 0 radical (unpaired) electrons. The number of furan rings is 1. The Morgan fingerprint density at radius 2 is 2.38 bits per heavy atom. The summed E-state index contributed by atoms with van der Waals surface area (Å²) in [5.41, 5.74) is 0. The smallest absolute Gasteiger partial charge is 0.198 e. The van der Waals surface area contributed by atoms with Gasteiger partial charge in [0.1, 0.15) is 0 Å². The second-order valence-electron chi connectivity index (χ2n) is 2.58. The monoisotopic (exact) mass is 196 g/mol. The number of halogens is 1. The second-order valence-corrected chi connectivity index (χ2v) is 2.96. The predicted octanol–water partition coefficient (Wildman–Crippen LogP) is 2.92. The Labute approximate surface area is 81.9 Å². The number of ketones is 1. The third-order valence-corrected chi connectivity index (χ3v) is 1.78. The van der Waals surface area contributed by atoms with Gasteiger partial charge < -0.3 is 4.42 Å². The van der Waals surface area contributed by atoms with Gasteiger partial charge in [-0.05, 0) is 30.2 Å². The molecule has 3 heteroatoms. The van der Waals surface area contributed by atoms with Gasteiger partial charge >= 0.3 is 0 Å². The van der Waals surface area contributed by atoms with Crippen LogP contribution < -0.4 is 0 Å². The number of hydrogen-bond donors (Lipinski definition) is 0. The van der Waals surface area contributed by atoms with Crippen molar-refractivity contribution in [3.8, 4) is 12.3 Å². The van der Waals surface area contributed by atoms with E-state index in [1.807, 2.05) is 0 Å². The first kappa shape index (κ1) is 9.88. The molecular formula is C10H9ClO2. The Kier molecular flexibility index (Phi) is 3.60. The Morgan fingerprint density at radius 3 is 2.92 bits per heavy atom. The summed E-state index contributed by atoms with van der Waals surface area (Å²) in [5.74, 6) is 2.72. The van der Waals surface area contributed by atoms with Crippen molar-refractivity contribution in [2.75, 3.05) is 0 Å². The van der Waals surface area contributed by atoms with Gasteiger partial charge in [0, 0.05) is 12.8 Å². The van der Waals surface area contributed by atoms with E-state index < -0.39 is 0 Å². The molecule has 0 saturated carbocycles. The summed E-state index contributed by atoms with van der Waals surface area (Å²) in [6, 6.07) is 3.12. The summed E-state index contributed by atoms with van der Waals surface area (Å²) >= 11 is 5.51. The molecule has 0 fully saturated rings. The summed E-state index contributed by atoms with van der Waals surface area (Å²) in [5, 5.41) is 0.236. The molecule has 13 heavy (non-hydrogen) atoms. The molecule has 0 spiro atoms. The third kappa shape index (κ3) is 2.96. The summed E-state index contributed by atoms with van der Waals surface area (Å²) in [6.45, 7) is 0. The lowest BCUT2D eigenvalue weighted by Gasteiger charge is -1.93. The maximum absolute atomic E-state index is 11.3. The zero-order valence-electron chi connectivity index (χ0n) is 7.05. The van der Waals surface area contributed by atoms with Gasteiger partial charge in [-0.15, -0.1) is 12.3 Å². The first-order valence-corrected chi connectivity index (χ1v) is 4.34. The molecule has 0 unspecified atom stereocenters. The minimum Gasteiger partial charge on any atom is -0.442 e. The van der Waals surface area contributed by atoms with E-state index in [4.69, 9.17) is 22.4 Å². The quantitative estimate of drug-likeness (QED) is 0.421. The largest absolute Gasteiger partial charge is 0.442 e. The predicted molar refractivity (Wildman–Crippen MR) is 50.7 cm³/mol. The van der Waals surface area contributed by atoms with E-state index in [1.54, 1.807) is 12.1 Å². The second kappa shape index (κ2) is 4.74. The van der Waals surface area contributed by atoms with E-state index in [0.29, 0.717) is 25.0 Å². The number of unbranched alkanes of at least 4 members (excludes halogenated alkanes) is 1. The summed E-state index contributed by atoms with van der Waals surface area (Å²) in [7, 11) is 0. The molecular weight excluding hydrogens is 188 g/mol. The Morgan fingerprint density at radius 1 is 1.62 bits per heavy atom. The van der Waals surface area contributed by atoms with Crippen LogP contribution >= 0.6 is 11.6 Å². The topological polar surface area (TPSA) is 30.2 Å². The average Bonchev–Trinajstić information content (AvgIpc) is 2.52. The highest BCUT2D eigenvalue weighted by Gasteiger charge is 2.09. The molecule has 68 valence electrons. The standard InChI is InChI=1S/C10H9ClO2/c1-2-3-4-5-8(12)9-6-7-10(11)13-9/h1,6-7H,3-5H2. The molecule has 0 amide bonds. The zero-order chi connectivity index (χ0) is 9.68. The maximum Gasteiger partial charge on any atom is 0.198 e. The van der Waals surface area contributed by atoms with Crippen LogP contribution in [0.2, 0.25) is 5.22 Å². The number of carbonyl (C=O) groups is 1. The van der Waals surface area contributed by atoms with Gasteiger partial charge in [-0.25, -0.2) is 0 Å². The van der Waals surface area contributed by atoms with Gasteiger partial charge in [0.05, 0.1) is 0 Å². The average molecular weight is 197 g/mol. The van der Waals surface area contributed by atoms with Crippen LogP contribution in [0.1, 0.15) is 29.8 Å². The number of hydrogen-bond acceptors (Lipinski definition) is 2. The number of Topliss-reactive ketones (excluding diaryl/α,β-unsaturated/α-hetero) is 1. The van der Waals surface area contributed by atoms with Crippen LogP contribution in [-0.4, -0.2) is 5.78 Å². The summed E-state index contributed by atoms with van der Waals surface area (Å²) < 4.78 is 4.94. The summed E-state index contributed by atoms with van der Waals surface area (Å²) in [6.07, 6.45) is 6.76. The van der Waals surface area contributed by atoms with E-state index >= 15 is 0 Å². The molecule has 0 aromatic carbocycles. The van der Waals surface area contributed by atoms with Crippen molar-refractivity contribution in [2.24, 2.45) is 0 Å². The van der Waals surface area contributed by atoms with Gasteiger partial charge in [-0.1, -0.05) is 0 Å². The summed E-state index contributed by atoms with van der Waals surface area (Å²) in [4.78, 5) is 11.3. The molecule has 0 saturated heterocycles. The highest BCUT2D eigenvalue weighted by Crippen LogP contribution is 2.15. The van der Waals surface area contributed by atoms with E-state index in [2.05, 4.69) is 5.92 Å². The van der Waals surface area contributed by atoms with E-state index in [9.17, 15) is 4.79 Å². The van der Waals surface area contributed by atoms with Crippen LogP contribution in [0, 0.1) is 12.3 Å². The molecule has 0 N–H and O–H groups in total. The van der Waals surface area contributed by atoms with Crippen LogP contribution in [0.15, 0.2) is 16.5 Å². The number of terminal acetylenes is 1. The van der Waals surface area contributed by atoms with Crippen molar-refractivity contribution >= 4 is 17.4 Å². The third-order valence-electron chi connectivity index (χ3n) is 1.57.